The molecule has 1 atom stereocenters. The SMILES string of the molecule is Cc1ccc(S(=O)(=O)N(CC(=O)N(Cc2c(Cl)cccc2Cl)[C@H](Cc2ccccc2)C(=O)NC(C)C)c2ccc(Br)cc2)cc1. The lowest BCUT2D eigenvalue weighted by Gasteiger charge is -2.34. The van der Waals surface area contributed by atoms with E-state index in [0.29, 0.717) is 15.6 Å². The van der Waals surface area contributed by atoms with Crippen molar-refractivity contribution in [2.24, 2.45) is 0 Å². The average Bonchev–Trinajstić information content (AvgIpc) is 2.99. The van der Waals surface area contributed by atoms with Gasteiger partial charge in [0.05, 0.1) is 10.6 Å². The fourth-order valence-electron chi connectivity index (χ4n) is 4.76. The predicted octanol–water partition coefficient (Wildman–Crippen LogP) is 7.42. The van der Waals surface area contributed by atoms with Crippen LogP contribution in [0.3, 0.4) is 0 Å². The van der Waals surface area contributed by atoms with Crippen LogP contribution in [0.5, 0.6) is 0 Å². The quantitative estimate of drug-likeness (QED) is 0.164. The van der Waals surface area contributed by atoms with E-state index < -0.39 is 28.5 Å². The Balaban J connectivity index is 1.83. The molecule has 0 unspecified atom stereocenters. The molecule has 0 aliphatic carbocycles. The maximum Gasteiger partial charge on any atom is 0.264 e. The minimum absolute atomic E-state index is 0.0305. The summed E-state index contributed by atoms with van der Waals surface area (Å²) in [4.78, 5) is 29.7. The first kappa shape index (κ1) is 34.5. The smallest absolute Gasteiger partial charge is 0.264 e. The predicted molar refractivity (Wildman–Crippen MR) is 184 cm³/mol. The zero-order valence-corrected chi connectivity index (χ0v) is 29.0. The van der Waals surface area contributed by atoms with Crippen molar-refractivity contribution in [1.29, 1.82) is 0 Å². The highest BCUT2D eigenvalue weighted by atomic mass is 79.9. The zero-order valence-electron chi connectivity index (χ0n) is 25.1. The molecule has 0 bridgehead atoms. The monoisotopic (exact) mass is 729 g/mol. The summed E-state index contributed by atoms with van der Waals surface area (Å²) in [7, 11) is -4.21. The van der Waals surface area contributed by atoms with E-state index in [4.69, 9.17) is 23.2 Å². The molecule has 236 valence electrons. The third-order valence-electron chi connectivity index (χ3n) is 7.09. The van der Waals surface area contributed by atoms with Crippen LogP contribution in [0, 0.1) is 6.92 Å². The molecule has 4 aromatic carbocycles. The first-order chi connectivity index (χ1) is 21.4. The highest BCUT2D eigenvalue weighted by Gasteiger charge is 2.35. The van der Waals surface area contributed by atoms with Gasteiger partial charge in [0.25, 0.3) is 10.0 Å². The Kier molecular flexibility index (Phi) is 11.7. The highest BCUT2D eigenvalue weighted by Crippen LogP contribution is 2.29. The second kappa shape index (κ2) is 15.3. The number of carbonyl (C=O) groups is 2. The number of nitrogens with one attached hydrogen (secondary N) is 1. The van der Waals surface area contributed by atoms with E-state index in [1.54, 1.807) is 54.6 Å². The van der Waals surface area contributed by atoms with E-state index in [2.05, 4.69) is 21.2 Å². The molecule has 2 amide bonds. The second-order valence-electron chi connectivity index (χ2n) is 10.9. The van der Waals surface area contributed by atoms with E-state index in [-0.39, 0.29) is 35.5 Å². The molecule has 0 saturated carbocycles. The number of hydrogen-bond acceptors (Lipinski definition) is 4. The summed E-state index contributed by atoms with van der Waals surface area (Å²) in [5.41, 5.74) is 2.44. The van der Waals surface area contributed by atoms with Gasteiger partial charge in [0, 0.05) is 39.1 Å². The van der Waals surface area contributed by atoms with Gasteiger partial charge in [-0.15, -0.1) is 0 Å². The van der Waals surface area contributed by atoms with E-state index in [1.807, 2.05) is 51.1 Å². The van der Waals surface area contributed by atoms with Crippen LogP contribution in [0.15, 0.2) is 106 Å². The van der Waals surface area contributed by atoms with Crippen molar-refractivity contribution in [1.82, 2.24) is 10.2 Å². The molecule has 0 aliphatic heterocycles. The number of anilines is 1. The number of halogens is 3. The maximum absolute atomic E-state index is 14.5. The fourth-order valence-corrected chi connectivity index (χ4v) is 6.96. The largest absolute Gasteiger partial charge is 0.352 e. The highest BCUT2D eigenvalue weighted by molar-refractivity contribution is 9.10. The van der Waals surface area contributed by atoms with Crippen LogP contribution < -0.4 is 9.62 Å². The van der Waals surface area contributed by atoms with Crippen molar-refractivity contribution in [2.75, 3.05) is 10.8 Å². The fraction of sp³-hybridized carbons (Fsp3) is 0.235. The van der Waals surface area contributed by atoms with Gasteiger partial charge in [-0.2, -0.15) is 0 Å². The van der Waals surface area contributed by atoms with Gasteiger partial charge in [-0.05, 0) is 74.9 Å². The van der Waals surface area contributed by atoms with Crippen molar-refractivity contribution < 1.29 is 18.0 Å². The minimum atomic E-state index is -4.21. The van der Waals surface area contributed by atoms with Gasteiger partial charge in [-0.3, -0.25) is 13.9 Å². The first-order valence-electron chi connectivity index (χ1n) is 14.3. The Morgan fingerprint density at radius 1 is 0.844 bits per heavy atom. The van der Waals surface area contributed by atoms with Crippen LogP contribution in [0.1, 0.15) is 30.5 Å². The lowest BCUT2D eigenvalue weighted by Crippen LogP contribution is -2.54. The number of carbonyl (C=O) groups excluding carboxylic acids is 2. The van der Waals surface area contributed by atoms with Crippen molar-refractivity contribution in [3.63, 3.8) is 0 Å². The van der Waals surface area contributed by atoms with E-state index >= 15 is 0 Å². The standard InChI is InChI=1S/C34H34BrCl2N3O4S/c1-23(2)38-34(42)32(20-25-8-5-4-6-9-25)39(21-29-30(36)10-7-11-31(29)37)33(41)22-40(27-16-14-26(35)15-17-27)45(43,44)28-18-12-24(3)13-19-28/h4-19,23,32H,20-22H2,1-3H3,(H,38,42)/t32-/m1/s1. The molecule has 1 N–H and O–H groups in total. The molecular formula is C34H34BrCl2N3O4S. The van der Waals surface area contributed by atoms with Gasteiger partial charge >= 0.3 is 0 Å². The normalized spacial score (nSPS) is 12.1. The first-order valence-corrected chi connectivity index (χ1v) is 17.3. The lowest BCUT2D eigenvalue weighted by molar-refractivity contribution is -0.140. The van der Waals surface area contributed by atoms with E-state index in [0.717, 1.165) is 19.9 Å². The summed E-state index contributed by atoms with van der Waals surface area (Å²) in [6.07, 6.45) is 0.177. The molecule has 45 heavy (non-hydrogen) atoms. The van der Waals surface area contributed by atoms with Crippen LogP contribution in [-0.4, -0.2) is 43.8 Å². The number of nitrogens with zero attached hydrogens (tertiary/aromatic N) is 2. The summed E-state index contributed by atoms with van der Waals surface area (Å²) < 4.78 is 30.0. The third kappa shape index (κ3) is 8.88. The average molecular weight is 732 g/mol. The van der Waals surface area contributed by atoms with Gasteiger partial charge in [-0.1, -0.05) is 93.2 Å². The van der Waals surface area contributed by atoms with Crippen LogP contribution in [0.25, 0.3) is 0 Å². The Hall–Kier alpha value is -3.37. The molecule has 0 aromatic heterocycles. The molecule has 11 heteroatoms. The van der Waals surface area contributed by atoms with Crippen molar-refractivity contribution >= 4 is 66.7 Å². The summed E-state index contributed by atoms with van der Waals surface area (Å²) in [5, 5.41) is 3.57. The summed E-state index contributed by atoms with van der Waals surface area (Å²) in [6.45, 7) is 4.81. The van der Waals surface area contributed by atoms with E-state index in [1.165, 1.54) is 17.0 Å². The maximum atomic E-state index is 14.5. The topological polar surface area (TPSA) is 86.8 Å². The second-order valence-corrected chi connectivity index (χ2v) is 14.5. The molecule has 4 aromatic rings. The van der Waals surface area contributed by atoms with Gasteiger partial charge in [0.15, 0.2) is 0 Å². The Labute approximate surface area is 283 Å². The Morgan fingerprint density at radius 3 is 2.02 bits per heavy atom. The number of benzene rings is 4. The number of hydrogen-bond donors (Lipinski definition) is 1. The molecule has 0 aliphatic rings. The third-order valence-corrected chi connectivity index (χ3v) is 10.1. The van der Waals surface area contributed by atoms with Crippen molar-refractivity contribution in [2.45, 2.75) is 50.7 Å². The zero-order chi connectivity index (χ0) is 32.7. The molecule has 0 fully saturated rings. The Bertz CT molecular complexity index is 1720. The van der Waals surface area contributed by atoms with Gasteiger partial charge in [0.2, 0.25) is 11.8 Å². The van der Waals surface area contributed by atoms with Crippen molar-refractivity contribution in [3.05, 3.63) is 128 Å². The minimum Gasteiger partial charge on any atom is -0.352 e. The summed E-state index contributed by atoms with van der Waals surface area (Å²) >= 11 is 16.5. The number of amides is 2. The molecule has 7 nitrogen and oxygen atoms in total. The Morgan fingerprint density at radius 2 is 1.44 bits per heavy atom. The van der Waals surface area contributed by atoms with Gasteiger partial charge < -0.3 is 10.2 Å². The van der Waals surface area contributed by atoms with Crippen LogP contribution in [-0.2, 0) is 32.6 Å². The van der Waals surface area contributed by atoms with Crippen LogP contribution in [0.4, 0.5) is 5.69 Å². The van der Waals surface area contributed by atoms with Gasteiger partial charge in [0.1, 0.15) is 12.6 Å². The molecular weight excluding hydrogens is 697 g/mol. The molecule has 0 radical (unpaired) electrons. The van der Waals surface area contributed by atoms with E-state index in [9.17, 15) is 18.0 Å². The lowest BCUT2D eigenvalue weighted by atomic mass is 10.0. The van der Waals surface area contributed by atoms with Crippen LogP contribution >= 0.6 is 39.1 Å². The number of sulfonamides is 1. The number of aryl methyl sites for hydroxylation is 1. The summed E-state index contributed by atoms with van der Waals surface area (Å²) in [6, 6.07) is 26.2. The molecule has 0 heterocycles. The molecule has 4 rings (SSSR count). The molecule has 0 spiro atoms. The van der Waals surface area contributed by atoms with Crippen molar-refractivity contribution in [3.8, 4) is 0 Å². The number of rotatable bonds is 12. The van der Waals surface area contributed by atoms with Crippen LogP contribution in [0.2, 0.25) is 10.0 Å². The van der Waals surface area contributed by atoms with Gasteiger partial charge in [-0.25, -0.2) is 8.42 Å². The summed E-state index contributed by atoms with van der Waals surface area (Å²) in [5.74, 6) is -0.994. The molecule has 0 saturated heterocycles.